The molecule has 0 spiro atoms. The summed E-state index contributed by atoms with van der Waals surface area (Å²) in [5.74, 6) is 1.61. The number of hydrogen-bond acceptors (Lipinski definition) is 5. The molecule has 1 fully saturated rings. The molecule has 1 aliphatic carbocycles. The Labute approximate surface area is 136 Å². The zero-order valence-electron chi connectivity index (χ0n) is 14.0. The second kappa shape index (κ2) is 7.99. The van der Waals surface area contributed by atoms with Crippen LogP contribution in [0.15, 0.2) is 12.1 Å². The third-order valence-corrected chi connectivity index (χ3v) is 4.31. The molecule has 1 aliphatic rings. The van der Waals surface area contributed by atoms with Gasteiger partial charge in [-0.3, -0.25) is 9.59 Å². The number of methoxy groups -OCH3 is 3. The molecule has 2 rings (SSSR count). The lowest BCUT2D eigenvalue weighted by molar-refractivity contribution is -0.135. The average Bonchev–Trinajstić information content (AvgIpc) is 2.56. The molecule has 0 aromatic heterocycles. The summed E-state index contributed by atoms with van der Waals surface area (Å²) in [6.45, 7) is 0. The van der Waals surface area contributed by atoms with E-state index in [1.54, 1.807) is 21.3 Å². The molecule has 23 heavy (non-hydrogen) atoms. The molecule has 0 unspecified atom stereocenters. The number of ether oxygens (including phenoxy) is 3. The zero-order valence-corrected chi connectivity index (χ0v) is 14.0. The fourth-order valence-electron chi connectivity index (χ4n) is 3.08. The zero-order chi connectivity index (χ0) is 16.8. The number of carbonyl (C=O) groups excluding carboxylic acids is 2. The Morgan fingerprint density at radius 2 is 1.52 bits per heavy atom. The van der Waals surface area contributed by atoms with Gasteiger partial charge in [-0.2, -0.15) is 0 Å². The van der Waals surface area contributed by atoms with E-state index in [0.29, 0.717) is 42.9 Å². The van der Waals surface area contributed by atoms with E-state index in [9.17, 15) is 9.59 Å². The van der Waals surface area contributed by atoms with Crippen molar-refractivity contribution in [2.24, 2.45) is 5.92 Å². The molecular formula is C18H24O5. The molecule has 0 atom stereocenters. The summed E-state index contributed by atoms with van der Waals surface area (Å²) < 4.78 is 16.0. The van der Waals surface area contributed by atoms with Gasteiger partial charge in [0.15, 0.2) is 11.5 Å². The number of rotatable bonds is 7. The van der Waals surface area contributed by atoms with Gasteiger partial charge in [0.1, 0.15) is 11.6 Å². The Hall–Kier alpha value is -2.04. The van der Waals surface area contributed by atoms with Gasteiger partial charge in [0, 0.05) is 12.8 Å². The van der Waals surface area contributed by atoms with E-state index in [-0.39, 0.29) is 11.6 Å². The smallest absolute Gasteiger partial charge is 0.203 e. The van der Waals surface area contributed by atoms with Crippen molar-refractivity contribution in [2.45, 2.75) is 38.5 Å². The van der Waals surface area contributed by atoms with Crippen LogP contribution >= 0.6 is 0 Å². The van der Waals surface area contributed by atoms with Gasteiger partial charge in [-0.15, -0.1) is 0 Å². The molecule has 1 saturated carbocycles. The summed E-state index contributed by atoms with van der Waals surface area (Å²) >= 11 is 0. The number of ketones is 2. The van der Waals surface area contributed by atoms with Gasteiger partial charge < -0.3 is 14.2 Å². The Kier molecular flexibility index (Phi) is 6.02. The lowest BCUT2D eigenvalue weighted by Gasteiger charge is -2.19. The van der Waals surface area contributed by atoms with Crippen molar-refractivity contribution in [1.82, 2.24) is 0 Å². The average molecular weight is 320 g/mol. The fraction of sp³-hybridized carbons (Fsp3) is 0.556. The number of benzene rings is 1. The quantitative estimate of drug-likeness (QED) is 0.723. The molecule has 0 saturated heterocycles. The lowest BCUT2D eigenvalue weighted by atomic mass is 9.83. The van der Waals surface area contributed by atoms with Crippen LogP contribution in [0.2, 0.25) is 0 Å². The molecule has 1 aromatic carbocycles. The van der Waals surface area contributed by atoms with Crippen LogP contribution in [0, 0.1) is 5.92 Å². The Balaban J connectivity index is 2.03. The highest BCUT2D eigenvalue weighted by Crippen LogP contribution is 2.38. The maximum Gasteiger partial charge on any atom is 0.203 e. The first-order valence-corrected chi connectivity index (χ1v) is 7.95. The predicted molar refractivity (Wildman–Crippen MR) is 86.4 cm³/mol. The molecule has 0 amide bonds. The van der Waals surface area contributed by atoms with Gasteiger partial charge in [0.25, 0.3) is 0 Å². The standard InChI is InChI=1S/C18H24O5/c1-21-16-10-12(11-17(22-2)18(16)23-3)6-4-7-13-14(19)8-5-9-15(13)20/h10-11,13H,4-9H2,1-3H3. The minimum absolute atomic E-state index is 0.103. The van der Waals surface area contributed by atoms with Crippen molar-refractivity contribution < 1.29 is 23.8 Å². The lowest BCUT2D eigenvalue weighted by Crippen LogP contribution is -2.28. The predicted octanol–water partition coefficient (Wildman–Crippen LogP) is 2.97. The van der Waals surface area contributed by atoms with Crippen molar-refractivity contribution in [3.8, 4) is 17.2 Å². The minimum atomic E-state index is -0.397. The SMILES string of the molecule is COc1cc(CCCC2C(=O)CCCC2=O)cc(OC)c1OC. The first kappa shape index (κ1) is 17.3. The van der Waals surface area contributed by atoms with E-state index in [0.717, 1.165) is 18.4 Å². The molecule has 0 bridgehead atoms. The van der Waals surface area contributed by atoms with Gasteiger partial charge in [-0.05, 0) is 43.4 Å². The van der Waals surface area contributed by atoms with Crippen molar-refractivity contribution >= 4 is 11.6 Å². The second-order valence-corrected chi connectivity index (χ2v) is 5.76. The molecule has 5 heteroatoms. The monoisotopic (exact) mass is 320 g/mol. The van der Waals surface area contributed by atoms with E-state index in [1.807, 2.05) is 12.1 Å². The second-order valence-electron chi connectivity index (χ2n) is 5.76. The number of aryl methyl sites for hydroxylation is 1. The fourth-order valence-corrected chi connectivity index (χ4v) is 3.08. The topological polar surface area (TPSA) is 61.8 Å². The van der Waals surface area contributed by atoms with Crippen LogP contribution in [0.3, 0.4) is 0 Å². The molecular weight excluding hydrogens is 296 g/mol. The minimum Gasteiger partial charge on any atom is -0.493 e. The first-order chi connectivity index (χ1) is 11.1. The number of hydrogen-bond donors (Lipinski definition) is 0. The summed E-state index contributed by atoms with van der Waals surface area (Å²) in [4.78, 5) is 23.7. The maximum absolute atomic E-state index is 11.9. The van der Waals surface area contributed by atoms with Gasteiger partial charge in [0.05, 0.1) is 27.2 Å². The van der Waals surface area contributed by atoms with Crippen molar-refractivity contribution in [3.63, 3.8) is 0 Å². The maximum atomic E-state index is 11.9. The third kappa shape index (κ3) is 4.03. The van der Waals surface area contributed by atoms with Crippen molar-refractivity contribution in [2.75, 3.05) is 21.3 Å². The van der Waals surface area contributed by atoms with E-state index in [1.165, 1.54) is 0 Å². The number of Topliss-reactive ketones (excluding diaryl/α,β-unsaturated/α-hetero) is 2. The highest BCUT2D eigenvalue weighted by atomic mass is 16.5. The molecule has 0 N–H and O–H groups in total. The summed E-state index contributed by atoms with van der Waals surface area (Å²) in [5, 5.41) is 0. The molecule has 1 aromatic rings. The molecule has 126 valence electrons. The highest BCUT2D eigenvalue weighted by Gasteiger charge is 2.29. The Morgan fingerprint density at radius 3 is 2.00 bits per heavy atom. The van der Waals surface area contributed by atoms with Crippen LogP contribution in [-0.4, -0.2) is 32.9 Å². The number of carbonyl (C=O) groups is 2. The van der Waals surface area contributed by atoms with Crippen LogP contribution in [0.4, 0.5) is 0 Å². The molecule has 0 radical (unpaired) electrons. The third-order valence-electron chi connectivity index (χ3n) is 4.31. The Morgan fingerprint density at radius 1 is 0.957 bits per heavy atom. The summed E-state index contributed by atoms with van der Waals surface area (Å²) in [5.41, 5.74) is 1.04. The van der Waals surface area contributed by atoms with Gasteiger partial charge in [-0.1, -0.05) is 0 Å². The molecule has 5 nitrogen and oxygen atoms in total. The first-order valence-electron chi connectivity index (χ1n) is 7.95. The van der Waals surface area contributed by atoms with E-state index < -0.39 is 5.92 Å². The largest absolute Gasteiger partial charge is 0.493 e. The summed E-state index contributed by atoms with van der Waals surface area (Å²) in [7, 11) is 4.74. The van der Waals surface area contributed by atoms with Crippen LogP contribution in [0.1, 0.15) is 37.7 Å². The van der Waals surface area contributed by atoms with Gasteiger partial charge in [-0.25, -0.2) is 0 Å². The summed E-state index contributed by atoms with van der Waals surface area (Å²) in [6, 6.07) is 3.82. The van der Waals surface area contributed by atoms with E-state index in [2.05, 4.69) is 0 Å². The normalized spacial score (nSPS) is 15.6. The van der Waals surface area contributed by atoms with Gasteiger partial charge >= 0.3 is 0 Å². The van der Waals surface area contributed by atoms with Crippen LogP contribution < -0.4 is 14.2 Å². The molecule has 0 aliphatic heterocycles. The van der Waals surface area contributed by atoms with Crippen LogP contribution in [0.25, 0.3) is 0 Å². The van der Waals surface area contributed by atoms with Crippen LogP contribution in [0.5, 0.6) is 17.2 Å². The molecule has 0 heterocycles. The summed E-state index contributed by atoms with van der Waals surface area (Å²) in [6.07, 6.45) is 3.95. The van der Waals surface area contributed by atoms with Crippen LogP contribution in [-0.2, 0) is 16.0 Å². The van der Waals surface area contributed by atoms with Crippen molar-refractivity contribution in [1.29, 1.82) is 0 Å². The highest BCUT2D eigenvalue weighted by molar-refractivity contribution is 6.04. The van der Waals surface area contributed by atoms with Gasteiger partial charge in [0.2, 0.25) is 5.75 Å². The van der Waals surface area contributed by atoms with E-state index in [4.69, 9.17) is 14.2 Å². The Bertz CT molecular complexity index is 538. The van der Waals surface area contributed by atoms with E-state index >= 15 is 0 Å². The van der Waals surface area contributed by atoms with Crippen molar-refractivity contribution in [3.05, 3.63) is 17.7 Å².